The molecule has 0 radical (unpaired) electrons. The third kappa shape index (κ3) is 3.91. The average molecular weight is 316 g/mol. The molecule has 0 amide bonds. The summed E-state index contributed by atoms with van der Waals surface area (Å²) in [5.74, 6) is -0.321. The lowest BCUT2D eigenvalue weighted by molar-refractivity contribution is 0.0694. The highest BCUT2D eigenvalue weighted by atomic mass is 16.5. The molecule has 7 nitrogen and oxygen atoms in total. The minimum atomic E-state index is -1.21. The molecule has 120 valence electrons. The number of carboxylic acid groups (broad SMARTS) is 1. The summed E-state index contributed by atoms with van der Waals surface area (Å²) in [5, 5.41) is 22.4. The summed E-state index contributed by atoms with van der Waals surface area (Å²) < 4.78 is 10.3. The van der Waals surface area contributed by atoms with Crippen LogP contribution in [0, 0.1) is 0 Å². The Morgan fingerprint density at radius 1 is 1.13 bits per heavy atom. The summed E-state index contributed by atoms with van der Waals surface area (Å²) in [5.41, 5.74) is 3.72. The van der Waals surface area contributed by atoms with Crippen molar-refractivity contribution in [1.29, 1.82) is 0 Å². The van der Waals surface area contributed by atoms with Gasteiger partial charge in [-0.05, 0) is 42.0 Å². The molecular weight excluding hydrogens is 300 g/mol. The second-order valence-corrected chi connectivity index (χ2v) is 4.52. The van der Waals surface area contributed by atoms with Crippen molar-refractivity contribution >= 4 is 17.9 Å². The lowest BCUT2D eigenvalue weighted by atomic mass is 10.2. The molecule has 0 spiro atoms. The highest BCUT2D eigenvalue weighted by Crippen LogP contribution is 2.27. The Bertz CT molecular complexity index is 743. The molecule has 0 aromatic heterocycles. The van der Waals surface area contributed by atoms with E-state index in [-0.39, 0.29) is 11.3 Å². The van der Waals surface area contributed by atoms with Gasteiger partial charge in [-0.3, -0.25) is 5.43 Å². The number of nitrogens with one attached hydrogen (secondary N) is 1. The number of hydrogen-bond acceptors (Lipinski definition) is 6. The molecule has 3 N–H and O–H groups in total. The summed E-state index contributed by atoms with van der Waals surface area (Å²) in [6, 6.07) is 9.41. The van der Waals surface area contributed by atoms with Gasteiger partial charge in [-0.2, -0.15) is 5.10 Å². The number of carbonyl (C=O) groups is 1. The number of rotatable bonds is 6. The normalized spacial score (nSPS) is 10.5. The predicted molar refractivity (Wildman–Crippen MR) is 85.8 cm³/mol. The van der Waals surface area contributed by atoms with Crippen LogP contribution >= 0.6 is 0 Å². The molecule has 0 saturated heterocycles. The van der Waals surface area contributed by atoms with Crippen molar-refractivity contribution in [2.24, 2.45) is 5.10 Å². The molecule has 0 aliphatic carbocycles. The van der Waals surface area contributed by atoms with E-state index < -0.39 is 5.97 Å². The van der Waals surface area contributed by atoms with Crippen LogP contribution in [0.25, 0.3) is 0 Å². The number of ether oxygens (including phenoxy) is 2. The second-order valence-electron chi connectivity index (χ2n) is 4.52. The van der Waals surface area contributed by atoms with E-state index in [9.17, 15) is 9.90 Å². The minimum absolute atomic E-state index is 0.198. The fourth-order valence-electron chi connectivity index (χ4n) is 1.89. The third-order valence-electron chi connectivity index (χ3n) is 3.04. The van der Waals surface area contributed by atoms with Crippen LogP contribution in [0.1, 0.15) is 15.9 Å². The lowest BCUT2D eigenvalue weighted by Crippen LogP contribution is -1.99. The average Bonchev–Trinajstić information content (AvgIpc) is 2.55. The van der Waals surface area contributed by atoms with Crippen LogP contribution < -0.4 is 14.9 Å². The van der Waals surface area contributed by atoms with Crippen LogP contribution in [0.15, 0.2) is 41.5 Å². The standard InChI is InChI=1S/C16H16N2O5/c1-22-14-6-3-10(7-15(14)23-2)9-17-18-11-4-5-13(19)12(8-11)16(20)21/h3-9,18-19H,1-2H3,(H,20,21). The highest BCUT2D eigenvalue weighted by molar-refractivity contribution is 5.92. The summed E-state index contributed by atoms with van der Waals surface area (Å²) in [6.45, 7) is 0. The van der Waals surface area contributed by atoms with Gasteiger partial charge in [-0.25, -0.2) is 4.79 Å². The maximum Gasteiger partial charge on any atom is 0.339 e. The largest absolute Gasteiger partial charge is 0.507 e. The predicted octanol–water partition coefficient (Wildman–Crippen LogP) is 2.55. The molecular formula is C16H16N2O5. The van der Waals surface area contributed by atoms with Gasteiger partial charge in [-0.1, -0.05) is 0 Å². The highest BCUT2D eigenvalue weighted by Gasteiger charge is 2.09. The number of carboxylic acids is 1. The van der Waals surface area contributed by atoms with Crippen LogP contribution in [0.3, 0.4) is 0 Å². The second kappa shape index (κ2) is 7.17. The first-order chi connectivity index (χ1) is 11.0. The van der Waals surface area contributed by atoms with Crippen molar-refractivity contribution in [3.05, 3.63) is 47.5 Å². The number of aromatic hydroxyl groups is 1. The van der Waals surface area contributed by atoms with Gasteiger partial charge in [0, 0.05) is 0 Å². The fourth-order valence-corrected chi connectivity index (χ4v) is 1.89. The smallest absolute Gasteiger partial charge is 0.339 e. The van der Waals surface area contributed by atoms with Gasteiger partial charge in [-0.15, -0.1) is 0 Å². The van der Waals surface area contributed by atoms with Crippen LogP contribution in [0.5, 0.6) is 17.2 Å². The molecule has 2 rings (SSSR count). The van der Waals surface area contributed by atoms with Crippen LogP contribution in [-0.4, -0.2) is 36.6 Å². The van der Waals surface area contributed by atoms with Crippen molar-refractivity contribution in [3.8, 4) is 17.2 Å². The summed E-state index contributed by atoms with van der Waals surface area (Å²) in [4.78, 5) is 10.9. The molecule has 23 heavy (non-hydrogen) atoms. The first-order valence-corrected chi connectivity index (χ1v) is 6.62. The molecule has 0 bridgehead atoms. The number of nitrogens with zero attached hydrogens (tertiary/aromatic N) is 1. The molecule has 0 atom stereocenters. The molecule has 7 heteroatoms. The zero-order chi connectivity index (χ0) is 16.8. The molecule has 0 heterocycles. The van der Waals surface area contributed by atoms with Crippen molar-refractivity contribution in [3.63, 3.8) is 0 Å². The molecule has 2 aromatic rings. The Balaban J connectivity index is 2.13. The Kier molecular flexibility index (Phi) is 5.03. The van der Waals surface area contributed by atoms with Crippen molar-refractivity contribution in [2.45, 2.75) is 0 Å². The van der Waals surface area contributed by atoms with Crippen molar-refractivity contribution in [1.82, 2.24) is 0 Å². The lowest BCUT2D eigenvalue weighted by Gasteiger charge is -2.07. The van der Waals surface area contributed by atoms with E-state index >= 15 is 0 Å². The number of hydrogen-bond donors (Lipinski definition) is 3. The van der Waals surface area contributed by atoms with E-state index in [4.69, 9.17) is 14.6 Å². The van der Waals surface area contributed by atoms with Gasteiger partial charge >= 0.3 is 5.97 Å². The number of phenols is 1. The van der Waals surface area contributed by atoms with Gasteiger partial charge < -0.3 is 19.7 Å². The summed E-state index contributed by atoms with van der Waals surface area (Å²) >= 11 is 0. The summed E-state index contributed by atoms with van der Waals surface area (Å²) in [6.07, 6.45) is 1.55. The Labute approximate surface area is 132 Å². The molecule has 0 saturated carbocycles. The zero-order valence-corrected chi connectivity index (χ0v) is 12.6. The third-order valence-corrected chi connectivity index (χ3v) is 3.04. The maximum atomic E-state index is 10.9. The van der Waals surface area contributed by atoms with Gasteiger partial charge in [0.2, 0.25) is 0 Å². The van der Waals surface area contributed by atoms with E-state index in [0.717, 1.165) is 5.56 Å². The topological polar surface area (TPSA) is 100 Å². The Hall–Kier alpha value is -3.22. The van der Waals surface area contributed by atoms with Gasteiger partial charge in [0.05, 0.1) is 26.1 Å². The van der Waals surface area contributed by atoms with E-state index in [1.807, 2.05) is 0 Å². The minimum Gasteiger partial charge on any atom is -0.507 e. The SMILES string of the molecule is COc1ccc(C=NNc2ccc(O)c(C(=O)O)c2)cc1OC. The maximum absolute atomic E-state index is 10.9. The number of methoxy groups -OCH3 is 2. The molecule has 0 aliphatic rings. The van der Waals surface area contributed by atoms with E-state index in [0.29, 0.717) is 17.2 Å². The number of aromatic carboxylic acids is 1. The first-order valence-electron chi connectivity index (χ1n) is 6.62. The van der Waals surface area contributed by atoms with E-state index in [1.54, 1.807) is 38.6 Å². The van der Waals surface area contributed by atoms with Crippen LogP contribution in [0.2, 0.25) is 0 Å². The van der Waals surface area contributed by atoms with Crippen LogP contribution in [0.4, 0.5) is 5.69 Å². The summed E-state index contributed by atoms with van der Waals surface area (Å²) in [7, 11) is 3.10. The van der Waals surface area contributed by atoms with Gasteiger partial charge in [0.1, 0.15) is 11.3 Å². The molecule has 0 unspecified atom stereocenters. The first kappa shape index (κ1) is 16.2. The van der Waals surface area contributed by atoms with Gasteiger partial charge in [0.25, 0.3) is 0 Å². The quantitative estimate of drug-likeness (QED) is 0.430. The zero-order valence-electron chi connectivity index (χ0n) is 12.6. The van der Waals surface area contributed by atoms with Crippen molar-refractivity contribution in [2.75, 3.05) is 19.6 Å². The Morgan fingerprint density at radius 3 is 2.52 bits per heavy atom. The Morgan fingerprint density at radius 2 is 1.87 bits per heavy atom. The monoisotopic (exact) mass is 316 g/mol. The van der Waals surface area contributed by atoms with Gasteiger partial charge in [0.15, 0.2) is 11.5 Å². The number of hydrazone groups is 1. The van der Waals surface area contributed by atoms with E-state index in [1.165, 1.54) is 18.2 Å². The fraction of sp³-hybridized carbons (Fsp3) is 0.125. The number of anilines is 1. The van der Waals surface area contributed by atoms with E-state index in [2.05, 4.69) is 10.5 Å². The molecule has 0 aliphatic heterocycles. The molecule has 2 aromatic carbocycles. The molecule has 0 fully saturated rings. The van der Waals surface area contributed by atoms with Crippen LogP contribution in [-0.2, 0) is 0 Å². The van der Waals surface area contributed by atoms with Crippen molar-refractivity contribution < 1.29 is 24.5 Å². The number of benzene rings is 2.